The zero-order chi connectivity index (χ0) is 8.85. The number of rotatable bonds is 1. The third kappa shape index (κ3) is 3.13. The average molecular weight is 171 g/mol. The van der Waals surface area contributed by atoms with Crippen molar-refractivity contribution in [2.75, 3.05) is 5.73 Å². The number of nitrogen functional groups attached to an aromatic ring is 1. The quantitative estimate of drug-likeness (QED) is 0.636. The van der Waals surface area contributed by atoms with Gasteiger partial charge in [-0.2, -0.15) is 0 Å². The Morgan fingerprint density at radius 2 is 2.18 bits per heavy atom. The summed E-state index contributed by atoms with van der Waals surface area (Å²) >= 11 is 1.36. The van der Waals surface area contributed by atoms with Gasteiger partial charge in [-0.15, -0.1) is 11.3 Å². The van der Waals surface area contributed by atoms with Crippen LogP contribution in [0.2, 0.25) is 0 Å². The predicted molar refractivity (Wildman–Crippen MR) is 50.4 cm³/mol. The minimum absolute atomic E-state index is 0.461. The van der Waals surface area contributed by atoms with E-state index in [1.54, 1.807) is 12.3 Å². The number of thiazole rings is 1. The molecular formula is C7H13N3S. The van der Waals surface area contributed by atoms with Gasteiger partial charge in [-0.05, 0) is 6.92 Å². The zero-order valence-electron chi connectivity index (χ0n) is 7.01. The van der Waals surface area contributed by atoms with E-state index >= 15 is 0 Å². The van der Waals surface area contributed by atoms with Crippen molar-refractivity contribution in [3.05, 3.63) is 11.1 Å². The SMILES string of the molecule is CC.CC(=N)c1csc(N)n1. The number of nitrogens with zero attached hydrogens (tertiary/aromatic N) is 1. The van der Waals surface area contributed by atoms with E-state index in [9.17, 15) is 0 Å². The summed E-state index contributed by atoms with van der Waals surface area (Å²) in [5.41, 5.74) is 6.47. The molecule has 0 fully saturated rings. The van der Waals surface area contributed by atoms with Crippen LogP contribution < -0.4 is 5.73 Å². The molecule has 0 unspecified atom stereocenters. The first-order chi connectivity index (χ1) is 5.20. The molecule has 0 spiro atoms. The molecular weight excluding hydrogens is 158 g/mol. The molecule has 0 amide bonds. The number of anilines is 1. The summed E-state index contributed by atoms with van der Waals surface area (Å²) in [6, 6.07) is 0. The van der Waals surface area contributed by atoms with Crippen molar-refractivity contribution in [3.63, 3.8) is 0 Å². The summed E-state index contributed by atoms with van der Waals surface area (Å²) in [5.74, 6) is 0. The second kappa shape index (κ2) is 4.85. The molecule has 4 heteroatoms. The molecule has 1 heterocycles. The molecule has 1 aromatic rings. The average Bonchev–Trinajstić information content (AvgIpc) is 2.40. The van der Waals surface area contributed by atoms with Crippen LogP contribution in [-0.2, 0) is 0 Å². The number of aromatic nitrogens is 1. The molecule has 3 nitrogen and oxygen atoms in total. The van der Waals surface area contributed by atoms with Gasteiger partial charge in [0.15, 0.2) is 5.13 Å². The van der Waals surface area contributed by atoms with E-state index in [0.29, 0.717) is 16.5 Å². The summed E-state index contributed by atoms with van der Waals surface area (Å²) in [4.78, 5) is 3.88. The molecule has 0 atom stereocenters. The molecule has 0 saturated carbocycles. The number of nitrogens with one attached hydrogen (secondary N) is 1. The third-order valence-corrected chi connectivity index (χ3v) is 1.58. The second-order valence-electron chi connectivity index (χ2n) is 1.70. The molecule has 0 aromatic carbocycles. The smallest absolute Gasteiger partial charge is 0.180 e. The minimum Gasteiger partial charge on any atom is -0.375 e. The molecule has 0 aliphatic heterocycles. The summed E-state index contributed by atoms with van der Waals surface area (Å²) in [5, 5.41) is 9.44. The van der Waals surface area contributed by atoms with Crippen LogP contribution in [0.15, 0.2) is 5.38 Å². The molecule has 0 bridgehead atoms. The number of nitrogens with two attached hydrogens (primary N) is 1. The van der Waals surface area contributed by atoms with Crippen LogP contribution >= 0.6 is 11.3 Å². The maximum Gasteiger partial charge on any atom is 0.180 e. The van der Waals surface area contributed by atoms with Gasteiger partial charge in [-0.25, -0.2) is 4.98 Å². The van der Waals surface area contributed by atoms with Gasteiger partial charge in [0.1, 0.15) is 0 Å². The van der Waals surface area contributed by atoms with E-state index in [4.69, 9.17) is 11.1 Å². The fraction of sp³-hybridized carbons (Fsp3) is 0.429. The zero-order valence-corrected chi connectivity index (χ0v) is 7.83. The molecule has 1 rings (SSSR count). The van der Waals surface area contributed by atoms with E-state index in [1.165, 1.54) is 11.3 Å². The Kier molecular flexibility index (Phi) is 4.45. The first-order valence-corrected chi connectivity index (χ1v) is 4.34. The lowest BCUT2D eigenvalue weighted by Gasteiger charge is -1.84. The Balaban J connectivity index is 0.000000461. The Hall–Kier alpha value is -0.900. The van der Waals surface area contributed by atoms with Gasteiger partial charge in [0, 0.05) is 5.38 Å². The molecule has 0 aliphatic carbocycles. The van der Waals surface area contributed by atoms with Crippen LogP contribution in [-0.4, -0.2) is 10.7 Å². The van der Waals surface area contributed by atoms with E-state index in [2.05, 4.69) is 4.98 Å². The minimum atomic E-state index is 0.461. The number of hydrogen-bond donors (Lipinski definition) is 2. The van der Waals surface area contributed by atoms with Crippen molar-refractivity contribution in [1.29, 1.82) is 5.41 Å². The summed E-state index contributed by atoms with van der Waals surface area (Å²) < 4.78 is 0. The van der Waals surface area contributed by atoms with Crippen molar-refractivity contribution in [1.82, 2.24) is 4.98 Å². The summed E-state index contributed by atoms with van der Waals surface area (Å²) in [6.07, 6.45) is 0. The highest BCUT2D eigenvalue weighted by atomic mass is 32.1. The largest absolute Gasteiger partial charge is 0.375 e. The Morgan fingerprint density at radius 3 is 2.36 bits per heavy atom. The molecule has 0 aliphatic rings. The van der Waals surface area contributed by atoms with Crippen LogP contribution in [0.4, 0.5) is 5.13 Å². The van der Waals surface area contributed by atoms with Crippen LogP contribution in [0.1, 0.15) is 26.5 Å². The lowest BCUT2D eigenvalue weighted by atomic mass is 10.3. The lowest BCUT2D eigenvalue weighted by Crippen LogP contribution is -1.92. The first-order valence-electron chi connectivity index (χ1n) is 3.46. The molecule has 3 N–H and O–H groups in total. The van der Waals surface area contributed by atoms with Gasteiger partial charge in [-0.1, -0.05) is 13.8 Å². The maximum absolute atomic E-state index is 7.14. The Morgan fingerprint density at radius 1 is 1.64 bits per heavy atom. The first kappa shape index (κ1) is 10.1. The molecule has 0 saturated heterocycles. The lowest BCUT2D eigenvalue weighted by molar-refractivity contribution is 1.34. The van der Waals surface area contributed by atoms with Gasteiger partial charge in [-0.3, -0.25) is 0 Å². The van der Waals surface area contributed by atoms with E-state index in [0.717, 1.165) is 0 Å². The highest BCUT2D eigenvalue weighted by Gasteiger charge is 1.97. The van der Waals surface area contributed by atoms with Gasteiger partial charge in [0.2, 0.25) is 0 Å². The van der Waals surface area contributed by atoms with Crippen LogP contribution in [0.25, 0.3) is 0 Å². The standard InChI is InChI=1S/C5H7N3S.C2H6/c1-3(6)4-2-9-5(7)8-4;1-2/h2,6H,1H3,(H2,7,8);1-2H3. The molecule has 11 heavy (non-hydrogen) atoms. The van der Waals surface area contributed by atoms with Crippen LogP contribution in [0, 0.1) is 5.41 Å². The van der Waals surface area contributed by atoms with Crippen molar-refractivity contribution in [3.8, 4) is 0 Å². The predicted octanol–water partition coefficient (Wildman–Crippen LogP) is 2.14. The molecule has 1 aromatic heterocycles. The second-order valence-corrected chi connectivity index (χ2v) is 2.59. The van der Waals surface area contributed by atoms with Gasteiger partial charge >= 0.3 is 0 Å². The third-order valence-electron chi connectivity index (χ3n) is 0.906. The van der Waals surface area contributed by atoms with E-state index < -0.39 is 0 Å². The highest BCUT2D eigenvalue weighted by Crippen LogP contribution is 2.10. The summed E-state index contributed by atoms with van der Waals surface area (Å²) in [6.45, 7) is 5.69. The van der Waals surface area contributed by atoms with Crippen molar-refractivity contribution >= 4 is 22.2 Å². The molecule has 62 valence electrons. The van der Waals surface area contributed by atoms with Crippen molar-refractivity contribution in [2.24, 2.45) is 0 Å². The van der Waals surface area contributed by atoms with Crippen LogP contribution in [0.5, 0.6) is 0 Å². The van der Waals surface area contributed by atoms with Gasteiger partial charge in [0.05, 0.1) is 11.4 Å². The topological polar surface area (TPSA) is 62.8 Å². The Bertz CT molecular complexity index is 229. The maximum atomic E-state index is 7.14. The van der Waals surface area contributed by atoms with E-state index in [1.807, 2.05) is 13.8 Å². The monoisotopic (exact) mass is 171 g/mol. The van der Waals surface area contributed by atoms with Crippen molar-refractivity contribution in [2.45, 2.75) is 20.8 Å². The van der Waals surface area contributed by atoms with E-state index in [-0.39, 0.29) is 0 Å². The Labute approximate surface area is 70.8 Å². The normalized spacial score (nSPS) is 8.27. The van der Waals surface area contributed by atoms with Crippen molar-refractivity contribution < 1.29 is 0 Å². The van der Waals surface area contributed by atoms with Gasteiger partial charge in [0.25, 0.3) is 0 Å². The number of hydrogen-bond acceptors (Lipinski definition) is 4. The van der Waals surface area contributed by atoms with Crippen LogP contribution in [0.3, 0.4) is 0 Å². The fourth-order valence-corrected chi connectivity index (χ4v) is 1.07. The van der Waals surface area contributed by atoms with Gasteiger partial charge < -0.3 is 11.1 Å². The fourth-order valence-electron chi connectivity index (χ4n) is 0.460. The summed E-state index contributed by atoms with van der Waals surface area (Å²) in [7, 11) is 0. The molecule has 0 radical (unpaired) electrons. The highest BCUT2D eigenvalue weighted by molar-refractivity contribution is 7.13.